The summed E-state index contributed by atoms with van der Waals surface area (Å²) in [5, 5.41) is 0. The molecule has 6 nitrogen and oxygen atoms in total. The average molecular weight is 879 g/mol. The van der Waals surface area contributed by atoms with Gasteiger partial charge in [-0.2, -0.15) is 43.8 Å². The molecule has 0 unspecified atom stereocenters. The van der Waals surface area contributed by atoms with Crippen LogP contribution < -0.4 is 9.47 Å². The lowest BCUT2D eigenvalue weighted by Gasteiger charge is -2.15. The molecule has 24 heteroatoms. The highest BCUT2D eigenvalue weighted by molar-refractivity contribution is 8.00. The third-order valence-corrected chi connectivity index (χ3v) is 11.9. The topological polar surface area (TPSA) is 69.0 Å². The van der Waals surface area contributed by atoms with Crippen LogP contribution >= 0.6 is 57.9 Å². The second-order valence-corrected chi connectivity index (χ2v) is 16.0. The van der Waals surface area contributed by atoms with Crippen LogP contribution in [0.4, 0.5) is 64.1 Å². The molecule has 3 aromatic carbocycles. The van der Waals surface area contributed by atoms with Gasteiger partial charge in [-0.1, -0.05) is 12.1 Å². The highest BCUT2D eigenvalue weighted by Crippen LogP contribution is 2.55. The van der Waals surface area contributed by atoms with Crippen molar-refractivity contribution in [2.75, 3.05) is 0 Å². The van der Waals surface area contributed by atoms with Crippen LogP contribution in [0.2, 0.25) is 0 Å². The Morgan fingerprint density at radius 2 is 0.889 bits per heavy atom. The second kappa shape index (κ2) is 14.0. The molecule has 0 atom stereocenters. The first-order valence-electron chi connectivity index (χ1n) is 14.1. The second-order valence-electron chi connectivity index (χ2n) is 10.5. The molecule has 0 saturated carbocycles. The summed E-state index contributed by atoms with van der Waals surface area (Å²) in [7, 11) is 0. The average Bonchev–Trinajstić information content (AvgIpc) is 3.86. The molecule has 3 aromatic heterocycles. The number of ether oxygens (including phenoxy) is 2. The van der Waals surface area contributed by atoms with Gasteiger partial charge in [-0.25, -0.2) is 0 Å². The van der Waals surface area contributed by atoms with Gasteiger partial charge >= 0.3 is 23.7 Å². The van der Waals surface area contributed by atoms with Crippen molar-refractivity contribution in [1.82, 2.24) is 8.75 Å². The molecule has 0 radical (unpaired) electrons. The van der Waals surface area contributed by atoms with Crippen LogP contribution in [-0.2, 0) is 11.4 Å². The third kappa shape index (κ3) is 8.51. The van der Waals surface area contributed by atoms with Gasteiger partial charge in [0.25, 0.3) is 0 Å². The van der Waals surface area contributed by atoms with Gasteiger partial charge in [0.15, 0.2) is 0 Å². The van der Waals surface area contributed by atoms with E-state index in [0.717, 1.165) is 70.0 Å². The Morgan fingerprint density at radius 3 is 1.26 bits per heavy atom. The maximum Gasteiger partial charge on any atom is 0.573 e. The molecule has 1 aliphatic rings. The van der Waals surface area contributed by atoms with Crippen LogP contribution in [0.25, 0.3) is 52.8 Å². The smallest absolute Gasteiger partial charge is 0.405 e. The van der Waals surface area contributed by atoms with Crippen molar-refractivity contribution in [2.45, 2.75) is 33.5 Å². The number of hydrogen-bond donors (Lipinski definition) is 0. The fraction of sp³-hybridized carbons (Fsp3) is 0.133. The number of hydrogen-bond acceptors (Lipinski definition) is 11. The molecular weight excluding hydrogens is 869 g/mol. The summed E-state index contributed by atoms with van der Waals surface area (Å²) in [6, 6.07) is 12.3. The Balaban J connectivity index is 1.27. The minimum atomic E-state index is -5.26. The number of halogens is 12. The molecule has 7 rings (SSSR count). The van der Waals surface area contributed by atoms with Gasteiger partial charge in [0.05, 0.1) is 32.9 Å². The minimum Gasteiger partial charge on any atom is -0.405 e. The van der Waals surface area contributed by atoms with E-state index in [-0.39, 0.29) is 11.1 Å². The van der Waals surface area contributed by atoms with E-state index in [1.165, 1.54) is 12.1 Å². The zero-order valence-electron chi connectivity index (χ0n) is 25.4. The number of alkyl halides is 12. The molecule has 0 N–H and O–H groups in total. The van der Waals surface area contributed by atoms with Gasteiger partial charge in [0.1, 0.15) is 33.9 Å². The highest BCUT2D eigenvalue weighted by atomic mass is 32.2. The Hall–Kier alpha value is -3.84. The Bertz CT molecular complexity index is 2310. The predicted octanol–water partition coefficient (Wildman–Crippen LogP) is 14.2. The summed E-state index contributed by atoms with van der Waals surface area (Å²) in [4.78, 5) is 0.193. The van der Waals surface area contributed by atoms with Crippen molar-refractivity contribution in [1.29, 1.82) is 0 Å². The minimum absolute atomic E-state index is 0.133. The van der Waals surface area contributed by atoms with Gasteiger partial charge < -0.3 is 9.47 Å². The predicted molar refractivity (Wildman–Crippen MR) is 184 cm³/mol. The number of nitrogens with zero attached hydrogens (tertiary/aromatic N) is 4. The van der Waals surface area contributed by atoms with Crippen molar-refractivity contribution >= 4 is 91.7 Å². The lowest BCUT2D eigenvalue weighted by molar-refractivity contribution is -0.276. The van der Waals surface area contributed by atoms with E-state index in [1.54, 1.807) is 24.3 Å². The number of thioether (sulfide) groups is 2. The Morgan fingerprint density at radius 1 is 0.500 bits per heavy atom. The molecule has 0 amide bonds. The van der Waals surface area contributed by atoms with E-state index < -0.39 is 68.6 Å². The van der Waals surface area contributed by atoms with Gasteiger partial charge in [-0.15, -0.1) is 49.0 Å². The summed E-state index contributed by atoms with van der Waals surface area (Å²) >= 11 is 2.34. The molecule has 4 heterocycles. The fourth-order valence-electron chi connectivity index (χ4n) is 5.13. The summed E-state index contributed by atoms with van der Waals surface area (Å²) in [5.41, 5.74) is -7.16. The van der Waals surface area contributed by atoms with Crippen molar-refractivity contribution in [3.8, 4) is 53.3 Å². The largest absolute Gasteiger partial charge is 0.573 e. The maximum absolute atomic E-state index is 13.1. The van der Waals surface area contributed by atoms with E-state index in [9.17, 15) is 52.7 Å². The van der Waals surface area contributed by atoms with E-state index in [1.807, 2.05) is 0 Å². The van der Waals surface area contributed by atoms with Crippen LogP contribution in [0, 0.1) is 0 Å². The van der Waals surface area contributed by atoms with E-state index in [2.05, 4.69) is 26.9 Å². The molecule has 0 fully saturated rings. The molecule has 0 saturated heterocycles. The monoisotopic (exact) mass is 878 g/mol. The van der Waals surface area contributed by atoms with E-state index in [4.69, 9.17) is 0 Å². The van der Waals surface area contributed by atoms with Gasteiger partial charge in [-0.3, -0.25) is 0 Å². The molecule has 6 aromatic rings. The molecular formula is C30H10F12N4O2S6. The summed E-state index contributed by atoms with van der Waals surface area (Å²) in [6.45, 7) is 0. The Labute approximate surface area is 317 Å². The zero-order chi connectivity index (χ0) is 38.8. The number of thiophene rings is 2. The number of benzene rings is 3. The van der Waals surface area contributed by atoms with Crippen molar-refractivity contribution in [2.24, 2.45) is 8.73 Å². The van der Waals surface area contributed by atoms with Crippen molar-refractivity contribution in [3.63, 3.8) is 0 Å². The van der Waals surface area contributed by atoms with E-state index in [0.29, 0.717) is 53.0 Å². The first kappa shape index (κ1) is 38.4. The lowest BCUT2D eigenvalue weighted by Crippen LogP contribution is -2.18. The summed E-state index contributed by atoms with van der Waals surface area (Å²) < 4.78 is 183. The lowest BCUT2D eigenvalue weighted by atomic mass is 10.0. The number of rotatable bonds is 8. The molecule has 0 bridgehead atoms. The van der Waals surface area contributed by atoms with Crippen LogP contribution in [0.15, 0.2) is 79.2 Å². The molecule has 0 spiro atoms. The highest BCUT2D eigenvalue weighted by Gasteiger charge is 2.38. The zero-order valence-corrected chi connectivity index (χ0v) is 30.3. The standard InChI is InChI=1S/C30H10F12N4O2S6/c31-27(32,33)47-13-9-11(1-3-17(13)51-29(37,38)39)15-5-7-19(49-15)21-23-25(45-53-43-23)22(26-24(21)44-54-46-26)20-8-6-16(50-20)12-2-4-18(52-30(40,41)42)14(10-12)48-28(34,35)36/h1-10H. The third-order valence-electron chi connectivity index (χ3n) is 6.99. The van der Waals surface area contributed by atoms with Crippen LogP contribution in [0.3, 0.4) is 0 Å². The van der Waals surface area contributed by atoms with Crippen LogP contribution in [-0.4, -0.2) is 32.5 Å². The first-order valence-corrected chi connectivity index (χ1v) is 18.9. The number of aromatic nitrogens is 2. The summed E-state index contributed by atoms with van der Waals surface area (Å²) in [5.74, 6) is -2.07. The fourth-order valence-corrected chi connectivity index (χ4v) is 9.52. The number of fused-ring (bicyclic) bond motifs is 2. The van der Waals surface area contributed by atoms with Crippen molar-refractivity contribution < 1.29 is 62.2 Å². The van der Waals surface area contributed by atoms with Crippen molar-refractivity contribution in [3.05, 3.63) is 60.7 Å². The quantitative estimate of drug-likeness (QED) is 0.112. The van der Waals surface area contributed by atoms with Crippen LogP contribution in [0.1, 0.15) is 0 Å². The van der Waals surface area contributed by atoms with Gasteiger partial charge in [0, 0.05) is 30.6 Å². The normalized spacial score (nSPS) is 13.4. The SMILES string of the molecule is FC(F)(F)Oc1cc(-c2ccc(-c3c4c(c(-c5ccc(-c6ccc(SC(F)(F)F)c(OC(F)(F)F)c6)s5)c5nsnc35)N=S=N4)s2)ccc1SC(F)(F)F. The maximum atomic E-state index is 13.1. The molecule has 54 heavy (non-hydrogen) atoms. The van der Waals surface area contributed by atoms with Crippen LogP contribution in [0.5, 0.6) is 11.5 Å². The molecule has 282 valence electrons. The van der Waals surface area contributed by atoms with E-state index >= 15 is 0 Å². The summed E-state index contributed by atoms with van der Waals surface area (Å²) in [6.07, 6.45) is -10.5. The Kier molecular flexibility index (Phi) is 9.98. The molecule has 1 aliphatic heterocycles. The molecule has 0 aliphatic carbocycles. The van der Waals surface area contributed by atoms with Gasteiger partial charge in [-0.05, 0) is 83.2 Å². The first-order chi connectivity index (χ1) is 25.2. The van der Waals surface area contributed by atoms with Gasteiger partial charge in [0.2, 0.25) is 0 Å².